The molecule has 0 bridgehead atoms. The highest BCUT2D eigenvalue weighted by Crippen LogP contribution is 2.40. The van der Waals surface area contributed by atoms with E-state index in [0.29, 0.717) is 0 Å². The van der Waals surface area contributed by atoms with E-state index in [1.807, 2.05) is 0 Å². The summed E-state index contributed by atoms with van der Waals surface area (Å²) in [6.07, 6.45) is -10.2. The highest BCUT2D eigenvalue weighted by molar-refractivity contribution is 5.99. The molecule has 0 spiro atoms. The minimum atomic E-state index is -5.10. The van der Waals surface area contributed by atoms with Crippen LogP contribution in [0, 0.1) is 0 Å². The molecule has 28 heavy (non-hydrogen) atoms. The van der Waals surface area contributed by atoms with E-state index in [0.717, 1.165) is 0 Å². The van der Waals surface area contributed by atoms with E-state index >= 15 is 0 Å². The number of nitrogens with zero attached hydrogens (tertiary/aromatic N) is 3. The van der Waals surface area contributed by atoms with Crippen molar-refractivity contribution in [1.29, 1.82) is 0 Å². The molecular formula is C17H17F6N3O2. The molecule has 0 radical (unpaired) electrons. The molecule has 154 valence electrons. The van der Waals surface area contributed by atoms with Gasteiger partial charge in [-0.3, -0.25) is 0 Å². The van der Waals surface area contributed by atoms with Crippen LogP contribution in [0.2, 0.25) is 0 Å². The molecule has 11 heteroatoms. The SMILES string of the molecule is CC1(C)COC(c2nc(C3=NC(C)(C)CO3)c(C(F)(F)F)cc2C(F)(F)F)=N1. The van der Waals surface area contributed by atoms with Crippen molar-refractivity contribution in [2.24, 2.45) is 9.98 Å². The smallest absolute Gasteiger partial charge is 0.418 e. The number of aliphatic imine (C=N–C) groups is 2. The van der Waals surface area contributed by atoms with E-state index in [1.165, 1.54) is 0 Å². The van der Waals surface area contributed by atoms with Crippen LogP contribution < -0.4 is 0 Å². The molecule has 0 N–H and O–H groups in total. The topological polar surface area (TPSA) is 56.1 Å². The zero-order chi connectivity index (χ0) is 21.1. The molecule has 0 amide bonds. The zero-order valence-corrected chi connectivity index (χ0v) is 15.4. The van der Waals surface area contributed by atoms with Gasteiger partial charge in [0.15, 0.2) is 0 Å². The van der Waals surface area contributed by atoms with Crippen LogP contribution in [0.25, 0.3) is 0 Å². The average molecular weight is 409 g/mol. The van der Waals surface area contributed by atoms with E-state index < -0.39 is 57.7 Å². The molecule has 3 rings (SSSR count). The monoisotopic (exact) mass is 409 g/mol. The molecule has 0 atom stereocenters. The summed E-state index contributed by atoms with van der Waals surface area (Å²) in [6.45, 7) is 6.41. The second-order valence-electron chi connectivity index (χ2n) is 7.81. The standard InChI is InChI=1S/C17H17F6N3O2/c1-14(2)6-27-12(25-14)10-8(16(18,19)20)5-9(17(21,22)23)11(24-10)13-26-15(3,4)7-28-13/h5H,6-7H2,1-4H3. The lowest BCUT2D eigenvalue weighted by Gasteiger charge is -2.18. The van der Waals surface area contributed by atoms with Gasteiger partial charge in [0.25, 0.3) is 0 Å². The largest absolute Gasteiger partial charge is 0.474 e. The Morgan fingerprint density at radius 2 is 1.11 bits per heavy atom. The molecule has 0 fully saturated rings. The summed E-state index contributed by atoms with van der Waals surface area (Å²) in [5.74, 6) is -0.935. The maximum Gasteiger partial charge on any atom is 0.418 e. The van der Waals surface area contributed by atoms with E-state index in [2.05, 4.69) is 15.0 Å². The molecule has 0 aromatic carbocycles. The van der Waals surface area contributed by atoms with Crippen molar-refractivity contribution in [2.75, 3.05) is 13.2 Å². The normalized spacial score (nSPS) is 21.1. The molecule has 1 aromatic heterocycles. The number of halogens is 6. The number of hydrogen-bond acceptors (Lipinski definition) is 5. The van der Waals surface area contributed by atoms with Crippen LogP contribution in [-0.2, 0) is 21.8 Å². The van der Waals surface area contributed by atoms with Gasteiger partial charge in [0.2, 0.25) is 11.8 Å². The third kappa shape index (κ3) is 3.93. The first-order valence-corrected chi connectivity index (χ1v) is 8.25. The van der Waals surface area contributed by atoms with Crippen LogP contribution >= 0.6 is 0 Å². The van der Waals surface area contributed by atoms with Gasteiger partial charge in [0.05, 0.1) is 22.2 Å². The number of alkyl halides is 6. The third-order valence-electron chi connectivity index (χ3n) is 3.97. The maximum absolute atomic E-state index is 13.5. The maximum atomic E-state index is 13.5. The highest BCUT2D eigenvalue weighted by atomic mass is 19.4. The molecule has 0 saturated heterocycles. The Kier molecular flexibility index (Phi) is 4.43. The van der Waals surface area contributed by atoms with Crippen LogP contribution in [0.1, 0.15) is 50.2 Å². The van der Waals surface area contributed by atoms with Gasteiger partial charge in [-0.05, 0) is 33.8 Å². The second kappa shape index (κ2) is 6.08. The first kappa shape index (κ1) is 20.4. The molecule has 0 aliphatic carbocycles. The Hall–Kier alpha value is -2.33. The van der Waals surface area contributed by atoms with Gasteiger partial charge in [-0.2, -0.15) is 26.3 Å². The Bertz CT molecular complexity index is 802. The summed E-state index contributed by atoms with van der Waals surface area (Å²) >= 11 is 0. The van der Waals surface area contributed by atoms with Crippen LogP contribution in [0.5, 0.6) is 0 Å². The van der Waals surface area contributed by atoms with E-state index in [-0.39, 0.29) is 19.3 Å². The lowest BCUT2D eigenvalue weighted by molar-refractivity contribution is -0.143. The van der Waals surface area contributed by atoms with Gasteiger partial charge in [-0.25, -0.2) is 15.0 Å². The quantitative estimate of drug-likeness (QED) is 0.687. The first-order chi connectivity index (χ1) is 12.6. The predicted molar refractivity (Wildman–Crippen MR) is 87.4 cm³/mol. The van der Waals surface area contributed by atoms with Crippen LogP contribution in [0.3, 0.4) is 0 Å². The van der Waals surface area contributed by atoms with E-state index in [1.54, 1.807) is 27.7 Å². The molecule has 2 aliphatic heterocycles. The van der Waals surface area contributed by atoms with Gasteiger partial charge >= 0.3 is 12.4 Å². The van der Waals surface area contributed by atoms with Gasteiger partial charge < -0.3 is 9.47 Å². The predicted octanol–water partition coefficient (Wildman–Crippen LogP) is 4.23. The fourth-order valence-electron chi connectivity index (χ4n) is 2.68. The van der Waals surface area contributed by atoms with Crippen molar-refractivity contribution in [1.82, 2.24) is 4.98 Å². The van der Waals surface area contributed by atoms with E-state index in [4.69, 9.17) is 9.47 Å². The van der Waals surface area contributed by atoms with Gasteiger partial charge in [-0.1, -0.05) is 0 Å². The molecule has 0 unspecified atom stereocenters. The first-order valence-electron chi connectivity index (χ1n) is 8.25. The number of pyridine rings is 1. The number of rotatable bonds is 2. The number of hydrogen-bond donors (Lipinski definition) is 0. The lowest BCUT2D eigenvalue weighted by atomic mass is 10.1. The summed E-state index contributed by atoms with van der Waals surface area (Å²) in [5.41, 5.74) is -6.47. The van der Waals surface area contributed by atoms with Gasteiger partial charge in [-0.15, -0.1) is 0 Å². The van der Waals surface area contributed by atoms with Crippen molar-refractivity contribution in [2.45, 2.75) is 51.1 Å². The summed E-state index contributed by atoms with van der Waals surface area (Å²) < 4.78 is 91.5. The summed E-state index contributed by atoms with van der Waals surface area (Å²) in [7, 11) is 0. The Morgan fingerprint density at radius 1 is 0.750 bits per heavy atom. The van der Waals surface area contributed by atoms with Gasteiger partial charge in [0, 0.05) is 0 Å². The van der Waals surface area contributed by atoms with Crippen molar-refractivity contribution < 1.29 is 35.8 Å². The summed E-state index contributed by atoms with van der Waals surface area (Å²) in [5, 5.41) is 0. The highest BCUT2D eigenvalue weighted by Gasteiger charge is 2.45. The molecule has 2 aliphatic rings. The van der Waals surface area contributed by atoms with Crippen LogP contribution in [0.4, 0.5) is 26.3 Å². The third-order valence-corrected chi connectivity index (χ3v) is 3.97. The molecule has 3 heterocycles. The molecular weight excluding hydrogens is 392 g/mol. The molecule has 0 saturated carbocycles. The van der Waals surface area contributed by atoms with Gasteiger partial charge in [0.1, 0.15) is 24.6 Å². The lowest BCUT2D eigenvalue weighted by Crippen LogP contribution is -2.23. The average Bonchev–Trinajstić information content (AvgIpc) is 3.06. The number of ether oxygens (including phenoxy) is 2. The van der Waals surface area contributed by atoms with Crippen molar-refractivity contribution in [3.63, 3.8) is 0 Å². The molecule has 1 aromatic rings. The Labute approximate surface area is 156 Å². The Balaban J connectivity index is 2.29. The summed E-state index contributed by atoms with van der Waals surface area (Å²) in [6, 6.07) is 0.00602. The number of aromatic nitrogens is 1. The zero-order valence-electron chi connectivity index (χ0n) is 15.4. The second-order valence-corrected chi connectivity index (χ2v) is 7.81. The van der Waals surface area contributed by atoms with E-state index in [9.17, 15) is 26.3 Å². The Morgan fingerprint density at radius 3 is 1.36 bits per heavy atom. The van der Waals surface area contributed by atoms with Crippen LogP contribution in [0.15, 0.2) is 16.1 Å². The van der Waals surface area contributed by atoms with Crippen molar-refractivity contribution in [3.05, 3.63) is 28.6 Å². The fourth-order valence-corrected chi connectivity index (χ4v) is 2.68. The fraction of sp³-hybridized carbons (Fsp3) is 0.588. The summed E-state index contributed by atoms with van der Waals surface area (Å²) in [4.78, 5) is 11.7. The van der Waals surface area contributed by atoms with Crippen molar-refractivity contribution in [3.8, 4) is 0 Å². The minimum absolute atomic E-state index is 0.00602. The molecule has 5 nitrogen and oxygen atoms in total. The minimum Gasteiger partial charge on any atom is -0.474 e. The van der Waals surface area contributed by atoms with Crippen LogP contribution in [-0.4, -0.2) is 41.1 Å². The van der Waals surface area contributed by atoms with Crippen molar-refractivity contribution >= 4 is 11.8 Å².